The molecule has 6 nitrogen and oxygen atoms in total. The Morgan fingerprint density at radius 1 is 0.969 bits per heavy atom. The number of imide groups is 1. The van der Waals surface area contributed by atoms with E-state index < -0.39 is 17.9 Å². The lowest BCUT2D eigenvalue weighted by molar-refractivity contribution is -0.140. The van der Waals surface area contributed by atoms with Crippen molar-refractivity contribution in [2.45, 2.75) is 25.4 Å². The van der Waals surface area contributed by atoms with E-state index in [4.69, 9.17) is 4.74 Å². The maximum absolute atomic E-state index is 13.8. The second kappa shape index (κ2) is 8.02. The summed E-state index contributed by atoms with van der Waals surface area (Å²) in [6.07, 6.45) is 2.64. The van der Waals surface area contributed by atoms with Crippen LogP contribution in [0.15, 0.2) is 60.7 Å². The normalized spacial score (nSPS) is 26.0. The molecule has 0 saturated carbocycles. The van der Waals surface area contributed by atoms with Gasteiger partial charge in [0, 0.05) is 37.1 Å². The third kappa shape index (κ3) is 3.01. The predicted octanol–water partition coefficient (Wildman–Crippen LogP) is 3.18. The average Bonchev–Trinajstić information content (AvgIpc) is 3.28. The molecule has 2 amide bonds. The van der Waals surface area contributed by atoms with Gasteiger partial charge in [0.05, 0.1) is 17.9 Å². The number of rotatable bonds is 6. The third-order valence-electron chi connectivity index (χ3n) is 6.90. The Kier molecular flexibility index (Phi) is 5.18. The fourth-order valence-corrected chi connectivity index (χ4v) is 5.52. The number of carbonyl (C=O) groups is 3. The van der Waals surface area contributed by atoms with Gasteiger partial charge >= 0.3 is 0 Å². The van der Waals surface area contributed by atoms with Crippen molar-refractivity contribution in [1.82, 2.24) is 4.90 Å². The second-order valence-electron chi connectivity index (χ2n) is 8.67. The minimum atomic E-state index is -0.721. The summed E-state index contributed by atoms with van der Waals surface area (Å²) in [5.41, 5.74) is 3.56. The first-order valence-electron chi connectivity index (χ1n) is 11.0. The van der Waals surface area contributed by atoms with Crippen LogP contribution in [0.1, 0.15) is 29.3 Å². The number of allylic oxidation sites excluding steroid dienone is 1. The smallest absolute Gasteiger partial charge is 0.235 e. The molecule has 0 N–H and O–H groups in total. The van der Waals surface area contributed by atoms with Crippen LogP contribution in [0.3, 0.4) is 0 Å². The maximum Gasteiger partial charge on any atom is 0.235 e. The summed E-state index contributed by atoms with van der Waals surface area (Å²) in [6, 6.07) is 15.9. The van der Waals surface area contributed by atoms with Gasteiger partial charge in [-0.1, -0.05) is 54.6 Å². The lowest BCUT2D eigenvalue weighted by atomic mass is 9.85. The highest BCUT2D eigenvalue weighted by Crippen LogP contribution is 2.50. The molecule has 164 valence electrons. The van der Waals surface area contributed by atoms with E-state index in [0.29, 0.717) is 25.1 Å². The molecule has 5 rings (SSSR count). The molecule has 2 fully saturated rings. The highest BCUT2D eigenvalue weighted by molar-refractivity contribution is 6.14. The Morgan fingerprint density at radius 3 is 2.41 bits per heavy atom. The lowest BCUT2D eigenvalue weighted by Crippen LogP contribution is -2.49. The summed E-state index contributed by atoms with van der Waals surface area (Å²) in [5, 5.41) is 0. The summed E-state index contributed by atoms with van der Waals surface area (Å²) in [4.78, 5) is 44.2. The number of amides is 2. The molecule has 2 aromatic rings. The van der Waals surface area contributed by atoms with Gasteiger partial charge in [0.1, 0.15) is 6.04 Å². The summed E-state index contributed by atoms with van der Waals surface area (Å²) < 4.78 is 5.10. The Bertz CT molecular complexity index is 1110. The molecule has 2 aromatic carbocycles. The Labute approximate surface area is 187 Å². The van der Waals surface area contributed by atoms with Gasteiger partial charge in [-0.3, -0.25) is 19.3 Å². The van der Waals surface area contributed by atoms with Crippen molar-refractivity contribution in [2.75, 3.05) is 25.2 Å². The number of fused-ring (bicyclic) bond motifs is 5. The highest BCUT2D eigenvalue weighted by atomic mass is 16.5. The number of ether oxygens (including phenoxy) is 1. The fraction of sp³-hybridized carbons (Fsp3) is 0.346. The van der Waals surface area contributed by atoms with Gasteiger partial charge in [-0.25, -0.2) is 0 Å². The number of nitrogens with zero attached hydrogens (tertiary/aromatic N) is 2. The molecule has 0 unspecified atom stereocenters. The predicted molar refractivity (Wildman–Crippen MR) is 121 cm³/mol. The first-order chi connectivity index (χ1) is 15.5. The standard InChI is InChI=1S/C26H26N2O4/c1-16-15-20-21-22(26(31)27(25(21)30)13-8-14-32-2)23(24(29)17-9-4-3-5-10-17)28(20)19-12-7-6-11-18(16)19/h3-7,9-12,15,20-23H,8,13-14H2,1-2H3/t20-,21+,22+,23+/m1/s1. The summed E-state index contributed by atoms with van der Waals surface area (Å²) in [5.74, 6) is -1.81. The Balaban J connectivity index is 1.61. The number of carbonyl (C=O) groups excluding carboxylic acids is 3. The second-order valence-corrected chi connectivity index (χ2v) is 8.67. The van der Waals surface area contributed by atoms with Gasteiger partial charge in [-0.05, 0) is 25.0 Å². The zero-order valence-corrected chi connectivity index (χ0v) is 18.2. The fourth-order valence-electron chi connectivity index (χ4n) is 5.52. The average molecular weight is 431 g/mol. The van der Waals surface area contributed by atoms with E-state index in [0.717, 1.165) is 16.8 Å². The number of methoxy groups -OCH3 is 1. The molecule has 3 aliphatic rings. The number of hydrogen-bond donors (Lipinski definition) is 0. The maximum atomic E-state index is 13.8. The molecule has 4 atom stereocenters. The van der Waals surface area contributed by atoms with E-state index in [1.807, 2.05) is 54.3 Å². The number of anilines is 1. The molecular formula is C26H26N2O4. The van der Waals surface area contributed by atoms with Crippen molar-refractivity contribution in [1.29, 1.82) is 0 Å². The van der Waals surface area contributed by atoms with Gasteiger partial charge in [0.2, 0.25) is 11.8 Å². The van der Waals surface area contributed by atoms with Crippen LogP contribution in [0.4, 0.5) is 5.69 Å². The molecule has 3 heterocycles. The number of benzene rings is 2. The highest BCUT2D eigenvalue weighted by Gasteiger charge is 2.64. The Morgan fingerprint density at radius 2 is 1.66 bits per heavy atom. The molecule has 0 aromatic heterocycles. The quantitative estimate of drug-likeness (QED) is 0.400. The van der Waals surface area contributed by atoms with Crippen molar-refractivity contribution in [3.05, 3.63) is 71.8 Å². The monoisotopic (exact) mass is 430 g/mol. The molecule has 0 bridgehead atoms. The Hall–Kier alpha value is -3.25. The van der Waals surface area contributed by atoms with Crippen molar-refractivity contribution in [3.63, 3.8) is 0 Å². The molecule has 0 aliphatic carbocycles. The molecule has 6 heteroatoms. The van der Waals surface area contributed by atoms with E-state index in [1.165, 1.54) is 4.90 Å². The van der Waals surface area contributed by atoms with E-state index in [1.54, 1.807) is 19.2 Å². The summed E-state index contributed by atoms with van der Waals surface area (Å²) in [6.45, 7) is 2.81. The zero-order chi connectivity index (χ0) is 22.4. The van der Waals surface area contributed by atoms with Crippen molar-refractivity contribution in [3.8, 4) is 0 Å². The van der Waals surface area contributed by atoms with Crippen LogP contribution in [-0.2, 0) is 14.3 Å². The minimum Gasteiger partial charge on any atom is -0.385 e. The van der Waals surface area contributed by atoms with E-state index in [9.17, 15) is 14.4 Å². The van der Waals surface area contributed by atoms with Crippen LogP contribution in [-0.4, -0.2) is 54.8 Å². The number of hydrogen-bond acceptors (Lipinski definition) is 5. The van der Waals surface area contributed by atoms with Crippen molar-refractivity contribution >= 4 is 28.9 Å². The van der Waals surface area contributed by atoms with Gasteiger partial charge in [0.15, 0.2) is 5.78 Å². The van der Waals surface area contributed by atoms with Crippen LogP contribution in [0.5, 0.6) is 0 Å². The molecular weight excluding hydrogens is 404 g/mol. The molecule has 0 radical (unpaired) electrons. The van der Waals surface area contributed by atoms with E-state index in [2.05, 4.69) is 6.08 Å². The molecule has 32 heavy (non-hydrogen) atoms. The van der Waals surface area contributed by atoms with Gasteiger partial charge in [-0.15, -0.1) is 0 Å². The van der Waals surface area contributed by atoms with Crippen LogP contribution < -0.4 is 4.90 Å². The number of para-hydroxylation sites is 1. The van der Waals surface area contributed by atoms with Crippen molar-refractivity contribution < 1.29 is 19.1 Å². The minimum absolute atomic E-state index is 0.120. The zero-order valence-electron chi connectivity index (χ0n) is 18.2. The third-order valence-corrected chi connectivity index (χ3v) is 6.90. The first kappa shape index (κ1) is 20.6. The van der Waals surface area contributed by atoms with Crippen LogP contribution in [0.25, 0.3) is 5.57 Å². The van der Waals surface area contributed by atoms with Gasteiger partial charge in [-0.2, -0.15) is 0 Å². The topological polar surface area (TPSA) is 66.9 Å². The van der Waals surface area contributed by atoms with Gasteiger partial charge < -0.3 is 9.64 Å². The van der Waals surface area contributed by atoms with Crippen LogP contribution >= 0.6 is 0 Å². The van der Waals surface area contributed by atoms with Gasteiger partial charge in [0.25, 0.3) is 0 Å². The number of likely N-dealkylation sites (tertiary alicyclic amines) is 1. The SMILES string of the molecule is COCCCN1C(=O)[C@@H]2[C@H](C1=O)[C@@H](C(=O)c1ccccc1)N1c3ccccc3C(C)=C[C@H]21. The lowest BCUT2D eigenvalue weighted by Gasteiger charge is -2.38. The number of ketones is 1. The molecule has 3 aliphatic heterocycles. The van der Waals surface area contributed by atoms with Crippen LogP contribution in [0.2, 0.25) is 0 Å². The van der Waals surface area contributed by atoms with E-state index >= 15 is 0 Å². The summed E-state index contributed by atoms with van der Waals surface area (Å²) in [7, 11) is 1.60. The number of Topliss-reactive ketones (excluding diaryl/α,β-unsaturated/α-hetero) is 1. The molecule has 2 saturated heterocycles. The molecule has 0 spiro atoms. The largest absolute Gasteiger partial charge is 0.385 e. The van der Waals surface area contributed by atoms with E-state index in [-0.39, 0.29) is 23.6 Å². The first-order valence-corrected chi connectivity index (χ1v) is 11.0. The summed E-state index contributed by atoms with van der Waals surface area (Å²) >= 11 is 0. The van der Waals surface area contributed by atoms with Crippen molar-refractivity contribution in [2.24, 2.45) is 11.8 Å². The van der Waals surface area contributed by atoms with Crippen LogP contribution in [0, 0.1) is 11.8 Å².